The number of alkyl halides is 1. The van der Waals surface area contributed by atoms with Gasteiger partial charge in [-0.3, -0.25) is 4.90 Å². The van der Waals surface area contributed by atoms with E-state index >= 15 is 0 Å². The molecule has 0 aliphatic carbocycles. The van der Waals surface area contributed by atoms with Gasteiger partial charge in [0, 0.05) is 38.6 Å². The summed E-state index contributed by atoms with van der Waals surface area (Å²) in [5.74, 6) is 0.763. The molecule has 1 rings (SSSR count). The predicted octanol–water partition coefficient (Wildman–Crippen LogP) is 1.12. The van der Waals surface area contributed by atoms with Crippen LogP contribution < -0.4 is 0 Å². The molecule has 0 bridgehead atoms. The summed E-state index contributed by atoms with van der Waals surface area (Å²) >= 11 is 7.48. The van der Waals surface area contributed by atoms with Gasteiger partial charge in [-0.15, -0.1) is 11.6 Å². The molecular weight excluding hydrogens is 180 g/mol. The minimum Gasteiger partial charge on any atom is -0.300 e. The van der Waals surface area contributed by atoms with Gasteiger partial charge in [0.05, 0.1) is 0 Å². The summed E-state index contributed by atoms with van der Waals surface area (Å²) in [6.45, 7) is 5.75. The SMILES string of the molecule is CSN1CCN(CCCl)CC1. The van der Waals surface area contributed by atoms with Crippen LogP contribution in [-0.2, 0) is 0 Å². The zero-order chi connectivity index (χ0) is 8.10. The Kier molecular flexibility index (Phi) is 4.60. The van der Waals surface area contributed by atoms with E-state index in [0.29, 0.717) is 0 Å². The van der Waals surface area contributed by atoms with Crippen LogP contribution >= 0.6 is 23.5 Å². The molecule has 0 aromatic rings. The summed E-state index contributed by atoms with van der Waals surface area (Å²) in [6, 6.07) is 0. The van der Waals surface area contributed by atoms with Gasteiger partial charge in [0.15, 0.2) is 0 Å². The van der Waals surface area contributed by atoms with Gasteiger partial charge < -0.3 is 0 Å². The maximum atomic E-state index is 5.64. The Morgan fingerprint density at radius 3 is 2.36 bits per heavy atom. The smallest absolute Gasteiger partial charge is 0.0351 e. The Balaban J connectivity index is 2.14. The average Bonchev–Trinajstić information content (AvgIpc) is 2.07. The Labute approximate surface area is 78.0 Å². The lowest BCUT2D eigenvalue weighted by atomic mass is 10.4. The number of hydrogen-bond acceptors (Lipinski definition) is 3. The first kappa shape index (κ1) is 9.65. The van der Waals surface area contributed by atoms with Crippen LogP contribution in [0.3, 0.4) is 0 Å². The molecule has 0 amide bonds. The highest BCUT2D eigenvalue weighted by Crippen LogP contribution is 2.09. The molecule has 0 radical (unpaired) electrons. The van der Waals surface area contributed by atoms with E-state index in [1.54, 1.807) is 0 Å². The number of nitrogens with zero attached hydrogens (tertiary/aromatic N) is 2. The Morgan fingerprint density at radius 2 is 1.91 bits per heavy atom. The normalized spacial score (nSPS) is 22.4. The maximum Gasteiger partial charge on any atom is 0.0351 e. The van der Waals surface area contributed by atoms with Crippen LogP contribution in [0.25, 0.3) is 0 Å². The molecule has 0 aromatic heterocycles. The van der Waals surface area contributed by atoms with Crippen molar-refractivity contribution in [2.75, 3.05) is 44.9 Å². The largest absolute Gasteiger partial charge is 0.300 e. The minimum absolute atomic E-state index is 0.763. The second-order valence-corrected chi connectivity index (χ2v) is 3.90. The summed E-state index contributed by atoms with van der Waals surface area (Å²) in [5.41, 5.74) is 0. The predicted molar refractivity (Wildman–Crippen MR) is 52.2 cm³/mol. The van der Waals surface area contributed by atoms with Crippen LogP contribution in [0.5, 0.6) is 0 Å². The van der Waals surface area contributed by atoms with Crippen LogP contribution in [-0.4, -0.2) is 54.1 Å². The van der Waals surface area contributed by atoms with E-state index in [4.69, 9.17) is 11.6 Å². The van der Waals surface area contributed by atoms with Gasteiger partial charge in [0.2, 0.25) is 0 Å². The van der Waals surface area contributed by atoms with Crippen molar-refractivity contribution in [1.29, 1.82) is 0 Å². The van der Waals surface area contributed by atoms with Crippen molar-refractivity contribution in [1.82, 2.24) is 9.21 Å². The number of hydrogen-bond donors (Lipinski definition) is 0. The Hall–Kier alpha value is 0.560. The summed E-state index contributed by atoms with van der Waals surface area (Å²) in [6.07, 6.45) is 2.14. The lowest BCUT2D eigenvalue weighted by molar-refractivity contribution is 0.206. The van der Waals surface area contributed by atoms with Crippen LogP contribution in [0.4, 0.5) is 0 Å². The highest BCUT2D eigenvalue weighted by Gasteiger charge is 2.14. The van der Waals surface area contributed by atoms with Crippen LogP contribution in [0.1, 0.15) is 0 Å². The third kappa shape index (κ3) is 3.20. The third-order valence-corrected chi connectivity index (χ3v) is 3.04. The van der Waals surface area contributed by atoms with Gasteiger partial charge in [-0.2, -0.15) is 0 Å². The average molecular weight is 195 g/mol. The summed E-state index contributed by atoms with van der Waals surface area (Å²) in [7, 11) is 0. The monoisotopic (exact) mass is 194 g/mol. The molecule has 66 valence electrons. The molecule has 2 nitrogen and oxygen atoms in total. The van der Waals surface area contributed by atoms with E-state index in [9.17, 15) is 0 Å². The first-order valence-electron chi connectivity index (χ1n) is 3.94. The quantitative estimate of drug-likeness (QED) is 0.491. The van der Waals surface area contributed by atoms with E-state index in [1.165, 1.54) is 26.2 Å². The lowest BCUT2D eigenvalue weighted by Gasteiger charge is -2.32. The van der Waals surface area contributed by atoms with Crippen molar-refractivity contribution < 1.29 is 0 Å². The Bertz CT molecular complexity index is 105. The number of rotatable bonds is 3. The van der Waals surface area contributed by atoms with E-state index in [-0.39, 0.29) is 0 Å². The van der Waals surface area contributed by atoms with Crippen LogP contribution in [0.15, 0.2) is 0 Å². The maximum absolute atomic E-state index is 5.64. The van der Waals surface area contributed by atoms with Crippen LogP contribution in [0, 0.1) is 0 Å². The highest BCUT2D eigenvalue weighted by molar-refractivity contribution is 7.96. The second kappa shape index (κ2) is 5.25. The van der Waals surface area contributed by atoms with Gasteiger partial charge in [0.25, 0.3) is 0 Å². The molecule has 0 aromatic carbocycles. The summed E-state index contributed by atoms with van der Waals surface area (Å²) < 4.78 is 2.39. The molecule has 0 spiro atoms. The topological polar surface area (TPSA) is 6.48 Å². The van der Waals surface area contributed by atoms with Crippen molar-refractivity contribution in [2.45, 2.75) is 0 Å². The van der Waals surface area contributed by atoms with Gasteiger partial charge in [-0.25, -0.2) is 4.31 Å². The van der Waals surface area contributed by atoms with E-state index < -0.39 is 0 Å². The van der Waals surface area contributed by atoms with Gasteiger partial charge >= 0.3 is 0 Å². The molecule has 1 aliphatic heterocycles. The van der Waals surface area contributed by atoms with E-state index in [1.807, 2.05) is 11.9 Å². The number of piperazine rings is 1. The first-order chi connectivity index (χ1) is 5.36. The Morgan fingerprint density at radius 1 is 1.27 bits per heavy atom. The van der Waals surface area contributed by atoms with Crippen molar-refractivity contribution in [3.8, 4) is 0 Å². The van der Waals surface area contributed by atoms with Crippen molar-refractivity contribution in [3.63, 3.8) is 0 Å². The highest BCUT2D eigenvalue weighted by atomic mass is 35.5. The molecule has 1 heterocycles. The summed E-state index contributed by atoms with van der Waals surface area (Å²) in [4.78, 5) is 2.42. The zero-order valence-electron chi connectivity index (χ0n) is 6.92. The van der Waals surface area contributed by atoms with E-state index in [2.05, 4.69) is 15.5 Å². The fourth-order valence-electron chi connectivity index (χ4n) is 1.26. The molecular formula is C7H15ClN2S. The molecule has 1 fully saturated rings. The summed E-state index contributed by atoms with van der Waals surface area (Å²) in [5, 5.41) is 0. The molecule has 11 heavy (non-hydrogen) atoms. The van der Waals surface area contributed by atoms with Crippen molar-refractivity contribution in [3.05, 3.63) is 0 Å². The molecule has 0 N–H and O–H groups in total. The molecule has 0 atom stereocenters. The van der Waals surface area contributed by atoms with Crippen molar-refractivity contribution in [2.24, 2.45) is 0 Å². The van der Waals surface area contributed by atoms with E-state index in [0.717, 1.165) is 12.4 Å². The van der Waals surface area contributed by atoms with Crippen molar-refractivity contribution >= 4 is 23.5 Å². The standard InChI is InChI=1S/C7H15ClN2S/c1-11-10-6-4-9(3-2-8)5-7-10/h2-7H2,1H3. The molecule has 1 saturated heterocycles. The third-order valence-electron chi connectivity index (χ3n) is 1.99. The van der Waals surface area contributed by atoms with Gasteiger partial charge in [0.1, 0.15) is 0 Å². The molecule has 0 unspecified atom stereocenters. The molecule has 0 saturated carbocycles. The van der Waals surface area contributed by atoms with Gasteiger partial charge in [-0.1, -0.05) is 11.9 Å². The first-order valence-corrected chi connectivity index (χ1v) is 5.66. The number of halogens is 1. The molecule has 4 heteroatoms. The lowest BCUT2D eigenvalue weighted by Crippen LogP contribution is -2.43. The molecule has 1 aliphatic rings. The van der Waals surface area contributed by atoms with Gasteiger partial charge in [-0.05, 0) is 6.26 Å². The fourth-order valence-corrected chi connectivity index (χ4v) is 2.02. The second-order valence-electron chi connectivity index (χ2n) is 2.64. The zero-order valence-corrected chi connectivity index (χ0v) is 8.50. The minimum atomic E-state index is 0.763. The fraction of sp³-hybridized carbons (Fsp3) is 1.00. The van der Waals surface area contributed by atoms with Crippen LogP contribution in [0.2, 0.25) is 0 Å².